The Balaban J connectivity index is 2.00. The largest absolute Gasteiger partial charge is 0.458 e. The van der Waals surface area contributed by atoms with E-state index in [-0.39, 0.29) is 24.1 Å². The third-order valence-corrected chi connectivity index (χ3v) is 3.17. The highest BCUT2D eigenvalue weighted by Crippen LogP contribution is 2.33. The number of likely N-dealkylation sites (tertiary alicyclic amines) is 1. The van der Waals surface area contributed by atoms with Crippen molar-refractivity contribution in [2.75, 3.05) is 13.1 Å². The normalized spacial score (nSPS) is 27.8. The molecule has 18 heavy (non-hydrogen) atoms. The molecule has 2 aliphatic heterocycles. The molecular formula is C13H19NO4. The molecule has 2 aliphatic rings. The molecule has 100 valence electrons. The Morgan fingerprint density at radius 3 is 2.78 bits per heavy atom. The zero-order valence-corrected chi connectivity index (χ0v) is 11.1. The van der Waals surface area contributed by atoms with Gasteiger partial charge in [-0.1, -0.05) is 6.58 Å². The maximum absolute atomic E-state index is 11.9. The summed E-state index contributed by atoms with van der Waals surface area (Å²) in [7, 11) is 0. The van der Waals surface area contributed by atoms with Gasteiger partial charge in [0.05, 0.1) is 0 Å². The van der Waals surface area contributed by atoms with Crippen LogP contribution in [0.2, 0.25) is 0 Å². The van der Waals surface area contributed by atoms with Crippen LogP contribution in [-0.4, -0.2) is 41.8 Å². The third-order valence-electron chi connectivity index (χ3n) is 3.17. The van der Waals surface area contributed by atoms with E-state index in [9.17, 15) is 9.59 Å². The van der Waals surface area contributed by atoms with Gasteiger partial charge in [-0.3, -0.25) is 0 Å². The number of carbonyl (C=O) groups is 2. The fourth-order valence-corrected chi connectivity index (χ4v) is 2.26. The molecule has 2 atom stereocenters. The van der Waals surface area contributed by atoms with Crippen molar-refractivity contribution < 1.29 is 19.1 Å². The van der Waals surface area contributed by atoms with E-state index in [4.69, 9.17) is 9.47 Å². The van der Waals surface area contributed by atoms with Crippen LogP contribution < -0.4 is 0 Å². The van der Waals surface area contributed by atoms with Crippen molar-refractivity contribution in [2.24, 2.45) is 5.92 Å². The zero-order valence-electron chi connectivity index (χ0n) is 11.1. The zero-order chi connectivity index (χ0) is 13.5. The van der Waals surface area contributed by atoms with Gasteiger partial charge in [0.2, 0.25) is 0 Å². The summed E-state index contributed by atoms with van der Waals surface area (Å²) in [5.74, 6) is -0.421. The molecule has 0 saturated carbocycles. The van der Waals surface area contributed by atoms with E-state index in [1.54, 1.807) is 4.90 Å². The van der Waals surface area contributed by atoms with Gasteiger partial charge in [-0.15, -0.1) is 0 Å². The second kappa shape index (κ2) is 4.30. The highest BCUT2D eigenvalue weighted by atomic mass is 16.6. The van der Waals surface area contributed by atoms with Crippen molar-refractivity contribution in [3.8, 4) is 0 Å². The van der Waals surface area contributed by atoms with Gasteiger partial charge in [0.25, 0.3) is 0 Å². The molecule has 2 fully saturated rings. The summed E-state index contributed by atoms with van der Waals surface area (Å²) < 4.78 is 10.5. The standard InChI is InChI=1S/C13H19NO4/c1-8-9-7-14(12(16)18-13(2,3)4)6-5-10(9)17-11(8)15/h9-10H,1,5-7H2,2-4H3. The first kappa shape index (κ1) is 12.9. The van der Waals surface area contributed by atoms with Crippen LogP contribution in [0.4, 0.5) is 4.79 Å². The number of piperidine rings is 1. The Labute approximate surface area is 107 Å². The number of ether oxygens (including phenoxy) is 2. The fourth-order valence-electron chi connectivity index (χ4n) is 2.26. The quantitative estimate of drug-likeness (QED) is 0.487. The molecule has 0 aromatic carbocycles. The fraction of sp³-hybridized carbons (Fsp3) is 0.692. The highest BCUT2D eigenvalue weighted by Gasteiger charge is 2.43. The molecule has 2 saturated heterocycles. The number of carbonyl (C=O) groups excluding carboxylic acids is 2. The second-order valence-electron chi connectivity index (χ2n) is 5.79. The maximum Gasteiger partial charge on any atom is 0.410 e. The third kappa shape index (κ3) is 2.49. The van der Waals surface area contributed by atoms with E-state index in [1.807, 2.05) is 20.8 Å². The van der Waals surface area contributed by atoms with Gasteiger partial charge >= 0.3 is 12.1 Å². The molecule has 5 heteroatoms. The first-order chi connectivity index (χ1) is 8.28. The van der Waals surface area contributed by atoms with E-state index >= 15 is 0 Å². The lowest BCUT2D eigenvalue weighted by molar-refractivity contribution is -0.140. The van der Waals surface area contributed by atoms with Crippen molar-refractivity contribution in [3.05, 3.63) is 12.2 Å². The van der Waals surface area contributed by atoms with E-state index in [2.05, 4.69) is 6.58 Å². The van der Waals surface area contributed by atoms with Gasteiger partial charge in [-0.2, -0.15) is 0 Å². The van der Waals surface area contributed by atoms with Crippen molar-refractivity contribution in [2.45, 2.75) is 38.9 Å². The predicted octanol–water partition coefficient (Wildman–Crippen LogP) is 1.72. The van der Waals surface area contributed by atoms with Crippen LogP contribution in [0.5, 0.6) is 0 Å². The number of rotatable bonds is 0. The van der Waals surface area contributed by atoms with Crippen LogP contribution >= 0.6 is 0 Å². The molecule has 2 unspecified atom stereocenters. The van der Waals surface area contributed by atoms with Crippen LogP contribution in [0.15, 0.2) is 12.2 Å². The van der Waals surface area contributed by atoms with Crippen LogP contribution in [0.3, 0.4) is 0 Å². The molecule has 0 aromatic heterocycles. The number of esters is 1. The van der Waals surface area contributed by atoms with E-state index in [0.29, 0.717) is 25.1 Å². The van der Waals surface area contributed by atoms with Crippen molar-refractivity contribution >= 4 is 12.1 Å². The molecule has 0 spiro atoms. The van der Waals surface area contributed by atoms with Crippen molar-refractivity contribution in [1.82, 2.24) is 4.90 Å². The molecule has 0 N–H and O–H groups in total. The highest BCUT2D eigenvalue weighted by molar-refractivity contribution is 5.91. The molecular weight excluding hydrogens is 234 g/mol. The van der Waals surface area contributed by atoms with Gasteiger partial charge < -0.3 is 14.4 Å². The van der Waals surface area contributed by atoms with Gasteiger partial charge in [-0.05, 0) is 20.8 Å². The van der Waals surface area contributed by atoms with E-state index < -0.39 is 5.60 Å². The predicted molar refractivity (Wildman–Crippen MR) is 64.9 cm³/mol. The number of amides is 1. The summed E-state index contributed by atoms with van der Waals surface area (Å²) in [5.41, 5.74) is -0.0410. The van der Waals surface area contributed by atoms with E-state index in [1.165, 1.54) is 0 Å². The summed E-state index contributed by atoms with van der Waals surface area (Å²) in [6, 6.07) is 0. The second-order valence-corrected chi connectivity index (χ2v) is 5.79. The van der Waals surface area contributed by atoms with E-state index in [0.717, 1.165) is 0 Å². The topological polar surface area (TPSA) is 55.8 Å². The van der Waals surface area contributed by atoms with Crippen LogP contribution in [0.1, 0.15) is 27.2 Å². The summed E-state index contributed by atoms with van der Waals surface area (Å²) in [6.07, 6.45) is 0.186. The molecule has 0 radical (unpaired) electrons. The van der Waals surface area contributed by atoms with Crippen molar-refractivity contribution in [3.63, 3.8) is 0 Å². The Hall–Kier alpha value is -1.52. The monoisotopic (exact) mass is 253 g/mol. The number of hydrogen-bond acceptors (Lipinski definition) is 4. The number of fused-ring (bicyclic) bond motifs is 1. The summed E-state index contributed by atoms with van der Waals surface area (Å²) in [6.45, 7) is 10.2. The van der Waals surface area contributed by atoms with Gasteiger partial charge in [0.1, 0.15) is 11.7 Å². The van der Waals surface area contributed by atoms with Crippen LogP contribution in [0, 0.1) is 5.92 Å². The Kier molecular flexibility index (Phi) is 3.09. The lowest BCUT2D eigenvalue weighted by Crippen LogP contribution is -2.46. The maximum atomic E-state index is 11.9. The number of hydrogen-bond donors (Lipinski definition) is 0. The average molecular weight is 253 g/mol. The van der Waals surface area contributed by atoms with Crippen LogP contribution in [0.25, 0.3) is 0 Å². The first-order valence-electron chi connectivity index (χ1n) is 6.15. The summed E-state index contributed by atoms with van der Waals surface area (Å²) in [5, 5.41) is 0. The average Bonchev–Trinajstić information content (AvgIpc) is 2.52. The van der Waals surface area contributed by atoms with Crippen molar-refractivity contribution in [1.29, 1.82) is 0 Å². The minimum absolute atomic E-state index is 0.0845. The summed E-state index contributed by atoms with van der Waals surface area (Å²) in [4.78, 5) is 25.0. The lowest BCUT2D eigenvalue weighted by atomic mass is 9.91. The molecule has 2 rings (SSSR count). The molecule has 0 bridgehead atoms. The smallest absolute Gasteiger partial charge is 0.410 e. The molecule has 2 heterocycles. The lowest BCUT2D eigenvalue weighted by Gasteiger charge is -2.34. The molecule has 1 amide bonds. The minimum Gasteiger partial charge on any atom is -0.458 e. The Bertz CT molecular complexity index is 396. The summed E-state index contributed by atoms with van der Waals surface area (Å²) >= 11 is 0. The molecule has 0 aromatic rings. The number of nitrogens with zero attached hydrogens (tertiary/aromatic N) is 1. The molecule has 0 aliphatic carbocycles. The Morgan fingerprint density at radius 1 is 1.50 bits per heavy atom. The van der Waals surface area contributed by atoms with Gasteiger partial charge in [-0.25, -0.2) is 9.59 Å². The minimum atomic E-state index is -0.507. The van der Waals surface area contributed by atoms with Gasteiger partial charge in [0.15, 0.2) is 0 Å². The molecule has 5 nitrogen and oxygen atoms in total. The van der Waals surface area contributed by atoms with Crippen LogP contribution in [-0.2, 0) is 14.3 Å². The Morgan fingerprint density at radius 2 is 2.17 bits per heavy atom. The van der Waals surface area contributed by atoms with Gasteiger partial charge in [0, 0.05) is 31.0 Å². The first-order valence-corrected chi connectivity index (χ1v) is 6.15. The SMILES string of the molecule is C=C1C(=O)OC2CCN(C(=O)OC(C)(C)C)CC12.